The maximum Gasteiger partial charge on any atom is 0.279 e. The highest BCUT2D eigenvalue weighted by molar-refractivity contribution is 6.33. The third kappa shape index (κ3) is 3.06. The number of halogens is 1. The first kappa shape index (κ1) is 15.5. The van der Waals surface area contributed by atoms with Gasteiger partial charge in [-0.05, 0) is 31.5 Å². The van der Waals surface area contributed by atoms with Gasteiger partial charge < -0.3 is 0 Å². The van der Waals surface area contributed by atoms with Crippen LogP contribution in [-0.2, 0) is 6.42 Å². The molecule has 23 heavy (non-hydrogen) atoms. The van der Waals surface area contributed by atoms with Crippen LogP contribution in [0.3, 0.4) is 0 Å². The molecule has 4 heteroatoms. The highest BCUT2D eigenvalue weighted by Gasteiger charge is 2.19. The van der Waals surface area contributed by atoms with Gasteiger partial charge in [0.1, 0.15) is 0 Å². The Morgan fingerprint density at radius 1 is 1.04 bits per heavy atom. The minimum atomic E-state index is -0.199. The molecule has 0 unspecified atom stereocenters. The predicted octanol–water partition coefficient (Wildman–Crippen LogP) is 4.43. The zero-order valence-corrected chi connectivity index (χ0v) is 13.8. The van der Waals surface area contributed by atoms with Crippen LogP contribution in [0.25, 0.3) is 0 Å². The maximum atomic E-state index is 12.7. The molecule has 2 aromatic carbocycles. The van der Waals surface area contributed by atoms with E-state index in [0.717, 1.165) is 23.4 Å². The van der Waals surface area contributed by atoms with Crippen molar-refractivity contribution >= 4 is 17.5 Å². The lowest BCUT2D eigenvalue weighted by Gasteiger charge is -2.06. The molecule has 0 saturated carbocycles. The predicted molar refractivity (Wildman–Crippen MR) is 92.1 cm³/mol. The summed E-state index contributed by atoms with van der Waals surface area (Å²) in [6, 6.07) is 17.2. The summed E-state index contributed by atoms with van der Waals surface area (Å²) in [5.41, 5.74) is 4.47. The summed E-state index contributed by atoms with van der Waals surface area (Å²) in [6.07, 6.45) is 0.758. The van der Waals surface area contributed by atoms with Crippen LogP contribution in [0.2, 0.25) is 5.02 Å². The molecule has 0 N–H and O–H groups in total. The van der Waals surface area contributed by atoms with Gasteiger partial charge in [-0.3, -0.25) is 4.79 Å². The van der Waals surface area contributed by atoms with Crippen molar-refractivity contribution in [2.24, 2.45) is 0 Å². The molecule has 3 rings (SSSR count). The summed E-state index contributed by atoms with van der Waals surface area (Å²) < 4.78 is 1.45. The first-order chi connectivity index (χ1) is 11.1. The van der Waals surface area contributed by atoms with Crippen molar-refractivity contribution in [3.8, 4) is 0 Å². The molecule has 0 spiro atoms. The van der Waals surface area contributed by atoms with Crippen LogP contribution in [0.1, 0.15) is 32.9 Å². The Balaban J connectivity index is 1.98. The number of rotatable bonds is 3. The van der Waals surface area contributed by atoms with Gasteiger partial charge >= 0.3 is 0 Å². The smallest absolute Gasteiger partial charge is 0.267 e. The van der Waals surface area contributed by atoms with Gasteiger partial charge in [-0.2, -0.15) is 5.10 Å². The minimum Gasteiger partial charge on any atom is -0.267 e. The molecule has 0 amide bonds. The van der Waals surface area contributed by atoms with E-state index in [1.54, 1.807) is 24.3 Å². The Labute approximate surface area is 140 Å². The molecule has 1 heterocycles. The molecular weight excluding hydrogens is 308 g/mol. The summed E-state index contributed by atoms with van der Waals surface area (Å²) in [4.78, 5) is 12.7. The van der Waals surface area contributed by atoms with Crippen molar-refractivity contribution < 1.29 is 4.79 Å². The summed E-state index contributed by atoms with van der Waals surface area (Å²) in [7, 11) is 0. The number of carbonyl (C=O) groups excluding carboxylic acids is 1. The van der Waals surface area contributed by atoms with E-state index in [9.17, 15) is 4.79 Å². The van der Waals surface area contributed by atoms with Gasteiger partial charge in [-0.25, -0.2) is 4.68 Å². The van der Waals surface area contributed by atoms with E-state index in [-0.39, 0.29) is 5.91 Å². The first-order valence-corrected chi connectivity index (χ1v) is 7.84. The van der Waals surface area contributed by atoms with Gasteiger partial charge in [-0.1, -0.05) is 54.1 Å². The van der Waals surface area contributed by atoms with E-state index in [1.165, 1.54) is 10.2 Å². The second kappa shape index (κ2) is 6.39. The van der Waals surface area contributed by atoms with Crippen LogP contribution in [0, 0.1) is 13.8 Å². The lowest BCUT2D eigenvalue weighted by atomic mass is 10.0. The highest BCUT2D eigenvalue weighted by Crippen LogP contribution is 2.21. The average Bonchev–Trinajstić information content (AvgIpc) is 2.84. The number of aryl methyl sites for hydroxylation is 1. The van der Waals surface area contributed by atoms with Crippen LogP contribution in [0.5, 0.6) is 0 Å². The summed E-state index contributed by atoms with van der Waals surface area (Å²) in [5.74, 6) is -0.199. The van der Waals surface area contributed by atoms with E-state index in [4.69, 9.17) is 11.6 Å². The average molecular weight is 325 g/mol. The number of aromatic nitrogens is 2. The number of nitrogens with zero attached hydrogens (tertiary/aromatic N) is 2. The highest BCUT2D eigenvalue weighted by atomic mass is 35.5. The number of benzene rings is 2. The second-order valence-electron chi connectivity index (χ2n) is 5.51. The molecule has 0 radical (unpaired) electrons. The normalized spacial score (nSPS) is 10.7. The van der Waals surface area contributed by atoms with Crippen LogP contribution in [-0.4, -0.2) is 15.7 Å². The zero-order chi connectivity index (χ0) is 16.4. The van der Waals surface area contributed by atoms with E-state index in [1.807, 2.05) is 32.0 Å². The number of carbonyl (C=O) groups is 1. The van der Waals surface area contributed by atoms with E-state index in [0.29, 0.717) is 10.6 Å². The van der Waals surface area contributed by atoms with Gasteiger partial charge in [-0.15, -0.1) is 0 Å². The maximum absolute atomic E-state index is 12.7. The van der Waals surface area contributed by atoms with Crippen molar-refractivity contribution in [1.29, 1.82) is 0 Å². The van der Waals surface area contributed by atoms with E-state index in [2.05, 4.69) is 17.2 Å². The van der Waals surface area contributed by atoms with Crippen molar-refractivity contribution in [3.05, 3.63) is 87.7 Å². The van der Waals surface area contributed by atoms with Crippen LogP contribution >= 0.6 is 11.6 Å². The van der Waals surface area contributed by atoms with E-state index < -0.39 is 0 Å². The fourth-order valence-electron chi connectivity index (χ4n) is 2.68. The van der Waals surface area contributed by atoms with Crippen molar-refractivity contribution in [2.75, 3.05) is 0 Å². The van der Waals surface area contributed by atoms with Gasteiger partial charge in [0.15, 0.2) is 0 Å². The van der Waals surface area contributed by atoms with E-state index >= 15 is 0 Å². The summed E-state index contributed by atoms with van der Waals surface area (Å²) >= 11 is 6.14. The molecule has 3 nitrogen and oxygen atoms in total. The fourth-order valence-corrected chi connectivity index (χ4v) is 2.89. The molecule has 0 bridgehead atoms. The Morgan fingerprint density at radius 2 is 1.70 bits per heavy atom. The Hall–Kier alpha value is -2.39. The topological polar surface area (TPSA) is 34.9 Å². The quantitative estimate of drug-likeness (QED) is 0.714. The number of hydrogen-bond acceptors (Lipinski definition) is 2. The minimum absolute atomic E-state index is 0.199. The van der Waals surface area contributed by atoms with Crippen LogP contribution in [0.15, 0.2) is 54.6 Å². The Kier molecular flexibility index (Phi) is 4.30. The van der Waals surface area contributed by atoms with Crippen molar-refractivity contribution in [1.82, 2.24) is 9.78 Å². The monoisotopic (exact) mass is 324 g/mol. The van der Waals surface area contributed by atoms with Gasteiger partial charge in [0.05, 0.1) is 16.3 Å². The molecule has 0 fully saturated rings. The number of hydrogen-bond donors (Lipinski definition) is 0. The second-order valence-corrected chi connectivity index (χ2v) is 5.92. The molecule has 0 aliphatic heterocycles. The van der Waals surface area contributed by atoms with Gasteiger partial charge in [0, 0.05) is 17.7 Å². The molecule has 0 aliphatic rings. The van der Waals surface area contributed by atoms with Crippen molar-refractivity contribution in [2.45, 2.75) is 20.3 Å². The molecule has 3 aromatic rings. The fraction of sp³-hybridized carbons (Fsp3) is 0.158. The third-order valence-corrected chi connectivity index (χ3v) is 4.29. The molecule has 1 aromatic heterocycles. The van der Waals surface area contributed by atoms with Gasteiger partial charge in [0.2, 0.25) is 0 Å². The Bertz CT molecular complexity index is 853. The molecule has 116 valence electrons. The zero-order valence-electron chi connectivity index (χ0n) is 13.1. The van der Waals surface area contributed by atoms with Gasteiger partial charge in [0.25, 0.3) is 5.91 Å². The van der Waals surface area contributed by atoms with Crippen molar-refractivity contribution in [3.63, 3.8) is 0 Å². The third-order valence-electron chi connectivity index (χ3n) is 3.96. The molecule has 0 saturated heterocycles. The SMILES string of the molecule is Cc1nn(C(=O)c2ccccc2Cl)c(C)c1Cc1ccccc1. The van der Waals surface area contributed by atoms with Crippen LogP contribution in [0.4, 0.5) is 0 Å². The molecular formula is C19H17ClN2O. The molecule has 0 atom stereocenters. The first-order valence-electron chi connectivity index (χ1n) is 7.46. The largest absolute Gasteiger partial charge is 0.279 e. The summed E-state index contributed by atoms with van der Waals surface area (Å²) in [5, 5.41) is 4.87. The summed E-state index contributed by atoms with van der Waals surface area (Å²) in [6.45, 7) is 3.86. The Morgan fingerprint density at radius 3 is 2.39 bits per heavy atom. The molecule has 0 aliphatic carbocycles. The standard InChI is InChI=1S/C19H17ClN2O/c1-13-17(12-15-8-4-3-5-9-15)14(2)22(21-13)19(23)16-10-6-7-11-18(16)20/h3-11H,12H2,1-2H3. The lowest BCUT2D eigenvalue weighted by Crippen LogP contribution is -2.16. The lowest BCUT2D eigenvalue weighted by molar-refractivity contribution is 0.0942. The van der Waals surface area contributed by atoms with Crippen LogP contribution < -0.4 is 0 Å².